The number of halogens is 1. The lowest BCUT2D eigenvalue weighted by atomic mass is 10.0. The molecule has 1 aliphatic heterocycles. The van der Waals surface area contributed by atoms with E-state index >= 15 is 0 Å². The third kappa shape index (κ3) is 3.44. The van der Waals surface area contributed by atoms with Crippen LogP contribution in [-0.4, -0.2) is 26.8 Å². The highest BCUT2D eigenvalue weighted by Crippen LogP contribution is 2.47. The molecule has 25 heavy (non-hydrogen) atoms. The van der Waals surface area contributed by atoms with Gasteiger partial charge in [0.15, 0.2) is 0 Å². The molecule has 3 rings (SSSR count). The minimum Gasteiger partial charge on any atom is -0.480 e. The molecule has 1 saturated heterocycles. The Morgan fingerprint density at radius 1 is 1.40 bits per heavy atom. The van der Waals surface area contributed by atoms with Crippen molar-refractivity contribution in [2.45, 2.75) is 30.0 Å². The van der Waals surface area contributed by atoms with Gasteiger partial charge in [-0.2, -0.15) is 0 Å². The lowest BCUT2D eigenvalue weighted by molar-refractivity contribution is -0.384. The summed E-state index contributed by atoms with van der Waals surface area (Å²) in [5.74, 6) is 0.266. The fourth-order valence-electron chi connectivity index (χ4n) is 2.72. The molecule has 0 radical (unpaired) electrons. The van der Waals surface area contributed by atoms with E-state index in [4.69, 9.17) is 4.42 Å². The molecular formula is C16H15BrN2O5S. The Kier molecular flexibility index (Phi) is 4.65. The van der Waals surface area contributed by atoms with Crippen molar-refractivity contribution >= 4 is 39.3 Å². The van der Waals surface area contributed by atoms with Crippen LogP contribution >= 0.6 is 27.7 Å². The van der Waals surface area contributed by atoms with Crippen molar-refractivity contribution in [3.63, 3.8) is 0 Å². The number of nitrogens with zero attached hydrogens (tertiary/aromatic N) is 1. The molecule has 132 valence electrons. The fourth-order valence-corrected chi connectivity index (χ4v) is 4.64. The molecular weight excluding hydrogens is 412 g/mol. The topological polar surface area (TPSA) is 106 Å². The average molecular weight is 427 g/mol. The molecule has 0 spiro atoms. The van der Waals surface area contributed by atoms with Gasteiger partial charge in [-0.3, -0.25) is 20.2 Å². The predicted molar refractivity (Wildman–Crippen MR) is 97.5 cm³/mol. The fraction of sp³-hybridized carbons (Fsp3) is 0.312. The van der Waals surface area contributed by atoms with E-state index in [1.807, 2.05) is 13.8 Å². The summed E-state index contributed by atoms with van der Waals surface area (Å²) in [6, 6.07) is 7.32. The van der Waals surface area contributed by atoms with E-state index in [9.17, 15) is 20.0 Å². The highest BCUT2D eigenvalue weighted by molar-refractivity contribution is 9.10. The van der Waals surface area contributed by atoms with E-state index < -0.39 is 21.7 Å². The first-order valence-electron chi connectivity index (χ1n) is 7.40. The number of rotatable bonds is 4. The molecule has 1 aliphatic rings. The number of nitrogens with one attached hydrogen (secondary N) is 1. The summed E-state index contributed by atoms with van der Waals surface area (Å²) in [6.07, 6.45) is 0. The summed E-state index contributed by atoms with van der Waals surface area (Å²) in [7, 11) is 0. The summed E-state index contributed by atoms with van der Waals surface area (Å²) >= 11 is 4.82. The zero-order valence-corrected chi connectivity index (χ0v) is 15.8. The molecule has 7 nitrogen and oxygen atoms in total. The third-order valence-corrected chi connectivity index (χ3v) is 6.10. The molecule has 2 unspecified atom stereocenters. The van der Waals surface area contributed by atoms with Crippen LogP contribution in [0.1, 0.15) is 25.0 Å². The van der Waals surface area contributed by atoms with Crippen molar-refractivity contribution < 1.29 is 19.2 Å². The highest BCUT2D eigenvalue weighted by atomic mass is 79.9. The lowest BCUT2D eigenvalue weighted by Crippen LogP contribution is -2.43. The molecule has 2 heterocycles. The number of aliphatic carboxylic acids is 1. The molecule has 2 N–H and O–H groups in total. The van der Waals surface area contributed by atoms with E-state index in [2.05, 4.69) is 21.2 Å². The molecule has 0 saturated carbocycles. The van der Waals surface area contributed by atoms with Crippen LogP contribution in [0.2, 0.25) is 0 Å². The van der Waals surface area contributed by atoms with E-state index in [0.717, 1.165) is 0 Å². The number of nitro benzene ring substituents is 1. The summed E-state index contributed by atoms with van der Waals surface area (Å²) in [5, 5.41) is 23.0. The number of carboxylic acids is 1. The van der Waals surface area contributed by atoms with E-state index in [1.54, 1.807) is 18.2 Å². The lowest BCUT2D eigenvalue weighted by Gasteiger charge is -2.20. The van der Waals surface area contributed by atoms with Gasteiger partial charge >= 0.3 is 5.97 Å². The number of hydrogen-bond acceptors (Lipinski definition) is 6. The van der Waals surface area contributed by atoms with Crippen molar-refractivity contribution in [3.8, 4) is 11.3 Å². The van der Waals surface area contributed by atoms with Gasteiger partial charge in [0.1, 0.15) is 22.9 Å². The molecule has 9 heteroatoms. The second-order valence-electron chi connectivity index (χ2n) is 6.16. The van der Waals surface area contributed by atoms with Crippen LogP contribution < -0.4 is 5.32 Å². The van der Waals surface area contributed by atoms with Crippen molar-refractivity contribution in [1.82, 2.24) is 5.32 Å². The van der Waals surface area contributed by atoms with Gasteiger partial charge in [0, 0.05) is 26.9 Å². The Bertz CT molecular complexity index is 851. The van der Waals surface area contributed by atoms with Crippen LogP contribution in [0.5, 0.6) is 0 Å². The van der Waals surface area contributed by atoms with Gasteiger partial charge in [-0.15, -0.1) is 11.8 Å². The second-order valence-corrected chi connectivity index (χ2v) is 8.78. The number of carboxylic acid groups (broad SMARTS) is 1. The maximum Gasteiger partial charge on any atom is 0.322 e. The normalized spacial score (nSPS) is 22.0. The van der Waals surface area contributed by atoms with Crippen LogP contribution in [0.3, 0.4) is 0 Å². The predicted octanol–water partition coefficient (Wildman–Crippen LogP) is 4.18. The van der Waals surface area contributed by atoms with Gasteiger partial charge in [-0.1, -0.05) is 0 Å². The van der Waals surface area contributed by atoms with Crippen LogP contribution in [-0.2, 0) is 4.79 Å². The number of thioether (sulfide) groups is 1. The van der Waals surface area contributed by atoms with Crippen LogP contribution in [0.25, 0.3) is 11.3 Å². The monoisotopic (exact) mass is 426 g/mol. The van der Waals surface area contributed by atoms with Crippen molar-refractivity contribution in [3.05, 3.63) is 50.7 Å². The number of non-ortho nitro benzene ring substituents is 1. The Balaban J connectivity index is 1.87. The minimum atomic E-state index is -0.898. The Hall–Kier alpha value is -1.84. The summed E-state index contributed by atoms with van der Waals surface area (Å²) < 4.78 is 5.96. The zero-order valence-electron chi connectivity index (χ0n) is 13.4. The molecule has 0 aliphatic carbocycles. The van der Waals surface area contributed by atoms with Gasteiger partial charge in [0.25, 0.3) is 5.69 Å². The van der Waals surface area contributed by atoms with Gasteiger partial charge in [0.05, 0.1) is 4.92 Å². The van der Waals surface area contributed by atoms with Crippen LogP contribution in [0.15, 0.2) is 39.2 Å². The zero-order chi connectivity index (χ0) is 18.4. The first-order chi connectivity index (χ1) is 11.7. The van der Waals surface area contributed by atoms with E-state index in [-0.39, 0.29) is 11.1 Å². The van der Waals surface area contributed by atoms with Gasteiger partial charge in [-0.05, 0) is 48.0 Å². The SMILES string of the molecule is CC1(C)SC(c2ccc(-c3ccc([N+](=O)[O-])cc3Br)o2)NC1C(=O)O. The second kappa shape index (κ2) is 6.47. The van der Waals surface area contributed by atoms with Gasteiger partial charge < -0.3 is 9.52 Å². The Morgan fingerprint density at radius 2 is 2.12 bits per heavy atom. The Labute approximate surface area is 156 Å². The third-order valence-electron chi connectivity index (χ3n) is 4.00. The van der Waals surface area contributed by atoms with Crippen molar-refractivity contribution in [2.75, 3.05) is 0 Å². The molecule has 1 aromatic carbocycles. The number of furan rings is 1. The summed E-state index contributed by atoms with van der Waals surface area (Å²) in [5.41, 5.74) is 0.676. The van der Waals surface area contributed by atoms with Gasteiger partial charge in [-0.25, -0.2) is 0 Å². The van der Waals surface area contributed by atoms with Crippen LogP contribution in [0.4, 0.5) is 5.69 Å². The largest absolute Gasteiger partial charge is 0.480 e. The molecule has 2 atom stereocenters. The molecule has 1 aromatic heterocycles. The smallest absolute Gasteiger partial charge is 0.322 e. The standard InChI is InChI=1S/C16H15BrN2O5S/c1-16(2)13(15(20)21)18-14(25-16)12-6-5-11(24-12)9-4-3-8(19(22)23)7-10(9)17/h3-7,13-14,18H,1-2H3,(H,20,21). The first-order valence-corrected chi connectivity index (χ1v) is 9.07. The summed E-state index contributed by atoms with van der Waals surface area (Å²) in [4.78, 5) is 21.7. The van der Waals surface area contributed by atoms with Crippen molar-refractivity contribution in [1.29, 1.82) is 0 Å². The van der Waals surface area contributed by atoms with Gasteiger partial charge in [0.2, 0.25) is 0 Å². The first kappa shape index (κ1) is 18.0. The van der Waals surface area contributed by atoms with E-state index in [0.29, 0.717) is 21.6 Å². The average Bonchev–Trinajstić information content (AvgIpc) is 3.11. The van der Waals surface area contributed by atoms with Crippen LogP contribution in [0, 0.1) is 10.1 Å². The number of benzene rings is 1. The minimum absolute atomic E-state index is 0.0125. The highest BCUT2D eigenvalue weighted by Gasteiger charge is 2.46. The maximum absolute atomic E-state index is 11.4. The summed E-state index contributed by atoms with van der Waals surface area (Å²) in [6.45, 7) is 3.75. The maximum atomic E-state index is 11.4. The quantitative estimate of drug-likeness (QED) is 0.557. The van der Waals surface area contributed by atoms with Crippen molar-refractivity contribution in [2.24, 2.45) is 0 Å². The molecule has 2 aromatic rings. The van der Waals surface area contributed by atoms with E-state index in [1.165, 1.54) is 23.9 Å². The molecule has 0 amide bonds. The molecule has 1 fully saturated rings. The number of hydrogen-bond donors (Lipinski definition) is 2. The number of carbonyl (C=O) groups is 1. The number of nitro groups is 1. The Morgan fingerprint density at radius 3 is 2.68 bits per heavy atom. The molecule has 0 bridgehead atoms.